The van der Waals surface area contributed by atoms with Gasteiger partial charge in [-0.05, 0) is 68.7 Å². The summed E-state index contributed by atoms with van der Waals surface area (Å²) >= 11 is 0. The van der Waals surface area contributed by atoms with Crippen LogP contribution in [0.3, 0.4) is 0 Å². The molecule has 1 saturated heterocycles. The Kier molecular flexibility index (Phi) is 7.07. The van der Waals surface area contributed by atoms with Crippen LogP contribution >= 0.6 is 0 Å². The number of aliphatic carboxylic acids is 1. The van der Waals surface area contributed by atoms with E-state index in [0.717, 1.165) is 57.7 Å². The third-order valence-electron chi connectivity index (χ3n) is 5.41. The summed E-state index contributed by atoms with van der Waals surface area (Å²) in [7, 11) is 1.92. The first-order valence-corrected chi connectivity index (χ1v) is 9.88. The van der Waals surface area contributed by atoms with Gasteiger partial charge in [-0.1, -0.05) is 30.3 Å². The van der Waals surface area contributed by atoms with E-state index in [1.807, 2.05) is 30.1 Å². The summed E-state index contributed by atoms with van der Waals surface area (Å²) in [5.74, 6) is 0.185. The molecule has 0 aromatic heterocycles. The molecule has 0 spiro atoms. The summed E-state index contributed by atoms with van der Waals surface area (Å²) in [4.78, 5) is 15.4. The number of fused-ring (bicyclic) bond motifs is 1. The Bertz CT molecular complexity index is 749. The minimum Gasteiger partial charge on any atom is -0.494 e. The van der Waals surface area contributed by atoms with Gasteiger partial charge < -0.3 is 14.7 Å². The van der Waals surface area contributed by atoms with Crippen molar-refractivity contribution in [2.75, 3.05) is 39.8 Å². The number of hydrogen-bond acceptors (Lipinski definition) is 4. The number of likely N-dealkylation sites (tertiary alicyclic amines) is 1. The van der Waals surface area contributed by atoms with Crippen LogP contribution in [-0.4, -0.2) is 66.8 Å². The Hall–Kier alpha value is -2.11. The van der Waals surface area contributed by atoms with Crippen LogP contribution in [0, 0.1) is 0 Å². The molecule has 27 heavy (non-hydrogen) atoms. The Labute approximate surface area is 161 Å². The third-order valence-corrected chi connectivity index (χ3v) is 5.41. The van der Waals surface area contributed by atoms with E-state index in [0.29, 0.717) is 6.04 Å². The molecule has 1 unspecified atom stereocenters. The largest absolute Gasteiger partial charge is 0.494 e. The van der Waals surface area contributed by atoms with Crippen molar-refractivity contribution < 1.29 is 14.6 Å². The molecule has 146 valence electrons. The van der Waals surface area contributed by atoms with E-state index in [-0.39, 0.29) is 6.54 Å². The number of rotatable bonds is 8. The maximum absolute atomic E-state index is 10.9. The minimum atomic E-state index is -0.746. The van der Waals surface area contributed by atoms with Gasteiger partial charge in [0.05, 0.1) is 13.2 Å². The van der Waals surface area contributed by atoms with Crippen LogP contribution in [0.15, 0.2) is 42.5 Å². The molecular formula is C22H30N2O3. The number of carbonyl (C=O) groups is 1. The van der Waals surface area contributed by atoms with Gasteiger partial charge in [0, 0.05) is 12.6 Å². The molecule has 2 aromatic rings. The number of carboxylic acids is 1. The Balaban J connectivity index is 1.39. The average molecular weight is 370 g/mol. The molecule has 0 bridgehead atoms. The second-order valence-corrected chi connectivity index (χ2v) is 7.45. The van der Waals surface area contributed by atoms with Crippen LogP contribution in [0.1, 0.15) is 25.7 Å². The number of benzene rings is 2. The Morgan fingerprint density at radius 3 is 2.81 bits per heavy atom. The standard InChI is InChI=1S/C22H30N2O3/c1-23(17-22(25)26)20-8-4-12-24(14-11-20)13-5-15-27-21-10-9-18-6-2-3-7-19(18)16-21/h2-3,6-7,9-10,16,20H,4-5,8,11-15,17H2,1H3,(H,25,26). The van der Waals surface area contributed by atoms with Crippen LogP contribution in [0.4, 0.5) is 0 Å². The maximum Gasteiger partial charge on any atom is 0.317 e. The number of likely N-dealkylation sites (N-methyl/N-ethyl adjacent to an activating group) is 1. The smallest absolute Gasteiger partial charge is 0.317 e. The van der Waals surface area contributed by atoms with Gasteiger partial charge in [-0.25, -0.2) is 0 Å². The van der Waals surface area contributed by atoms with E-state index < -0.39 is 5.97 Å². The van der Waals surface area contributed by atoms with Crippen molar-refractivity contribution in [2.24, 2.45) is 0 Å². The molecule has 1 aliphatic heterocycles. The van der Waals surface area contributed by atoms with Crippen LogP contribution in [0.2, 0.25) is 0 Å². The van der Waals surface area contributed by atoms with E-state index in [2.05, 4.69) is 29.2 Å². The minimum absolute atomic E-state index is 0.129. The van der Waals surface area contributed by atoms with E-state index in [1.54, 1.807) is 0 Å². The van der Waals surface area contributed by atoms with Crippen molar-refractivity contribution in [1.82, 2.24) is 9.80 Å². The Morgan fingerprint density at radius 1 is 1.19 bits per heavy atom. The Morgan fingerprint density at radius 2 is 2.00 bits per heavy atom. The van der Waals surface area contributed by atoms with E-state index in [4.69, 9.17) is 9.84 Å². The van der Waals surface area contributed by atoms with Crippen molar-refractivity contribution in [3.8, 4) is 5.75 Å². The van der Waals surface area contributed by atoms with Crippen molar-refractivity contribution >= 4 is 16.7 Å². The summed E-state index contributed by atoms with van der Waals surface area (Å²) in [6, 6.07) is 14.9. The van der Waals surface area contributed by atoms with Crippen LogP contribution in [0.25, 0.3) is 10.8 Å². The van der Waals surface area contributed by atoms with Crippen molar-refractivity contribution in [3.05, 3.63) is 42.5 Å². The first-order valence-electron chi connectivity index (χ1n) is 9.88. The van der Waals surface area contributed by atoms with Crippen LogP contribution < -0.4 is 4.74 Å². The van der Waals surface area contributed by atoms with E-state index in [9.17, 15) is 4.79 Å². The van der Waals surface area contributed by atoms with Gasteiger partial charge in [0.15, 0.2) is 0 Å². The van der Waals surface area contributed by atoms with Gasteiger partial charge in [-0.2, -0.15) is 0 Å². The van der Waals surface area contributed by atoms with E-state index >= 15 is 0 Å². The highest BCUT2D eigenvalue weighted by Gasteiger charge is 2.21. The predicted octanol–water partition coefficient (Wildman–Crippen LogP) is 3.48. The normalized spacial score (nSPS) is 18.5. The summed E-state index contributed by atoms with van der Waals surface area (Å²) < 4.78 is 5.94. The monoisotopic (exact) mass is 370 g/mol. The molecular weight excluding hydrogens is 340 g/mol. The fourth-order valence-corrected chi connectivity index (χ4v) is 3.88. The topological polar surface area (TPSA) is 53.0 Å². The van der Waals surface area contributed by atoms with Gasteiger partial charge in [0.1, 0.15) is 5.75 Å². The zero-order valence-electron chi connectivity index (χ0n) is 16.1. The lowest BCUT2D eigenvalue weighted by Crippen LogP contribution is -2.36. The highest BCUT2D eigenvalue weighted by molar-refractivity contribution is 5.83. The molecule has 5 heteroatoms. The second-order valence-electron chi connectivity index (χ2n) is 7.45. The SMILES string of the molecule is CN(CC(=O)O)C1CCCN(CCCOc2ccc3ccccc3c2)CC1. The summed E-state index contributed by atoms with van der Waals surface area (Å²) in [6.45, 7) is 4.00. The molecule has 3 rings (SSSR count). The molecule has 0 amide bonds. The molecule has 1 atom stereocenters. The predicted molar refractivity (Wildman–Crippen MR) is 108 cm³/mol. The maximum atomic E-state index is 10.9. The molecule has 0 saturated carbocycles. The number of hydrogen-bond donors (Lipinski definition) is 1. The second kappa shape index (κ2) is 9.72. The van der Waals surface area contributed by atoms with Crippen molar-refractivity contribution in [1.29, 1.82) is 0 Å². The number of ether oxygens (including phenoxy) is 1. The van der Waals surface area contributed by atoms with Gasteiger partial charge in [-0.3, -0.25) is 9.69 Å². The highest BCUT2D eigenvalue weighted by atomic mass is 16.5. The lowest BCUT2D eigenvalue weighted by atomic mass is 10.1. The summed E-state index contributed by atoms with van der Waals surface area (Å²) in [6.07, 6.45) is 4.24. The number of nitrogens with zero attached hydrogens (tertiary/aromatic N) is 2. The first kappa shape index (κ1) is 19.6. The van der Waals surface area contributed by atoms with Gasteiger partial charge in [0.25, 0.3) is 0 Å². The van der Waals surface area contributed by atoms with Crippen molar-refractivity contribution in [3.63, 3.8) is 0 Å². The summed E-state index contributed by atoms with van der Waals surface area (Å²) in [5, 5.41) is 11.4. The molecule has 1 aliphatic rings. The zero-order valence-corrected chi connectivity index (χ0v) is 16.1. The molecule has 1 N–H and O–H groups in total. The lowest BCUT2D eigenvalue weighted by Gasteiger charge is -2.25. The molecule has 5 nitrogen and oxygen atoms in total. The van der Waals surface area contributed by atoms with Gasteiger partial charge in [-0.15, -0.1) is 0 Å². The zero-order chi connectivity index (χ0) is 19.1. The van der Waals surface area contributed by atoms with E-state index in [1.165, 1.54) is 10.8 Å². The highest BCUT2D eigenvalue weighted by Crippen LogP contribution is 2.21. The van der Waals surface area contributed by atoms with Crippen molar-refractivity contribution in [2.45, 2.75) is 31.7 Å². The van der Waals surface area contributed by atoms with Gasteiger partial charge in [0.2, 0.25) is 0 Å². The number of carboxylic acid groups (broad SMARTS) is 1. The average Bonchev–Trinajstić information content (AvgIpc) is 2.90. The fourth-order valence-electron chi connectivity index (χ4n) is 3.88. The fraction of sp³-hybridized carbons (Fsp3) is 0.500. The molecule has 1 fully saturated rings. The van der Waals surface area contributed by atoms with Crippen LogP contribution in [0.5, 0.6) is 5.75 Å². The molecule has 0 aliphatic carbocycles. The quantitative estimate of drug-likeness (QED) is 0.721. The third kappa shape index (κ3) is 5.94. The van der Waals surface area contributed by atoms with Crippen LogP contribution in [-0.2, 0) is 4.79 Å². The molecule has 0 radical (unpaired) electrons. The summed E-state index contributed by atoms with van der Waals surface area (Å²) in [5.41, 5.74) is 0. The van der Waals surface area contributed by atoms with Gasteiger partial charge >= 0.3 is 5.97 Å². The molecule has 2 aromatic carbocycles. The molecule has 1 heterocycles. The lowest BCUT2D eigenvalue weighted by molar-refractivity contribution is -0.138. The first-order chi connectivity index (χ1) is 13.1.